The van der Waals surface area contributed by atoms with Gasteiger partial charge in [-0.25, -0.2) is 9.37 Å². The van der Waals surface area contributed by atoms with Crippen LogP contribution in [0.2, 0.25) is 5.02 Å². The molecule has 0 atom stereocenters. The van der Waals surface area contributed by atoms with Gasteiger partial charge in [0.05, 0.1) is 25.0 Å². The van der Waals surface area contributed by atoms with Crippen LogP contribution in [0, 0.1) is 11.2 Å². The number of anilines is 2. The zero-order chi connectivity index (χ0) is 26.2. The normalized spacial score (nSPS) is 21.4. The summed E-state index contributed by atoms with van der Waals surface area (Å²) in [5.41, 5.74) is 2.08. The molecule has 7 rings (SSSR count). The van der Waals surface area contributed by atoms with Crippen molar-refractivity contribution in [3.05, 3.63) is 58.8 Å². The number of hydrogen-bond acceptors (Lipinski definition) is 7. The Hall–Kier alpha value is -2.96. The van der Waals surface area contributed by atoms with Crippen LogP contribution in [0.3, 0.4) is 0 Å². The third kappa shape index (κ3) is 4.18. The topological polar surface area (TPSA) is 56.6 Å². The number of fused-ring (bicyclic) bond motifs is 3. The van der Waals surface area contributed by atoms with Gasteiger partial charge in [-0.05, 0) is 35.9 Å². The Bertz CT molecular complexity index is 1360. The number of alkyl halides is 3. The Labute approximate surface area is 221 Å². The minimum absolute atomic E-state index is 0.00388. The van der Waals surface area contributed by atoms with Crippen LogP contribution in [0.5, 0.6) is 0 Å². The first-order chi connectivity index (χ1) is 18.1. The van der Waals surface area contributed by atoms with E-state index in [9.17, 15) is 17.6 Å². The molecular formula is C25H25ClF4N8. The molecule has 3 saturated heterocycles. The van der Waals surface area contributed by atoms with Gasteiger partial charge in [0.15, 0.2) is 5.82 Å². The van der Waals surface area contributed by atoms with Crippen LogP contribution in [0.4, 0.5) is 29.3 Å². The predicted octanol–water partition coefficient (Wildman–Crippen LogP) is 3.34. The Balaban J connectivity index is 1.09. The van der Waals surface area contributed by atoms with Crippen molar-refractivity contribution < 1.29 is 17.6 Å². The predicted molar refractivity (Wildman–Crippen MR) is 133 cm³/mol. The van der Waals surface area contributed by atoms with Crippen LogP contribution >= 0.6 is 11.6 Å². The van der Waals surface area contributed by atoms with Gasteiger partial charge in [-0.3, -0.25) is 14.4 Å². The summed E-state index contributed by atoms with van der Waals surface area (Å²) in [6.07, 6.45) is -2.95. The van der Waals surface area contributed by atoms with E-state index < -0.39 is 12.7 Å². The Morgan fingerprint density at radius 1 is 0.974 bits per heavy atom. The van der Waals surface area contributed by atoms with Crippen molar-refractivity contribution in [3.8, 4) is 5.69 Å². The van der Waals surface area contributed by atoms with E-state index in [0.29, 0.717) is 31.2 Å². The summed E-state index contributed by atoms with van der Waals surface area (Å²) < 4.78 is 53.7. The standard InChI is InChI=1S/C25H25ClF4N8/c26-17-1-3-20-16(5-17)7-35(19-8-34(9-19)15-25(28,29)30)10-22-32-33-23(38(20)22)37-13-24(14-37)11-36(12-24)21-4-2-18(27)6-31-21/h1-6,19H,7-15H2. The van der Waals surface area contributed by atoms with Crippen LogP contribution in [0.1, 0.15) is 11.4 Å². The molecule has 3 aromatic rings. The number of aromatic nitrogens is 4. The highest BCUT2D eigenvalue weighted by molar-refractivity contribution is 6.30. The van der Waals surface area contributed by atoms with Crippen LogP contribution < -0.4 is 9.80 Å². The molecule has 2 aromatic heterocycles. The SMILES string of the molecule is Fc1ccc(N2CC3(C2)CN(c2nnc4n2-c2ccc(Cl)cc2CN(C2CN(CC(F)(F)F)C2)C4)C3)nc1. The second kappa shape index (κ2) is 8.52. The van der Waals surface area contributed by atoms with Gasteiger partial charge in [0, 0.05) is 62.3 Å². The summed E-state index contributed by atoms with van der Waals surface area (Å²) in [4.78, 5) is 12.2. The molecule has 0 saturated carbocycles. The molecule has 0 amide bonds. The van der Waals surface area contributed by atoms with Crippen molar-refractivity contribution >= 4 is 23.4 Å². The van der Waals surface area contributed by atoms with Gasteiger partial charge in [-0.2, -0.15) is 13.2 Å². The highest BCUT2D eigenvalue weighted by atomic mass is 35.5. The van der Waals surface area contributed by atoms with Gasteiger partial charge in [0.1, 0.15) is 11.6 Å². The summed E-state index contributed by atoms with van der Waals surface area (Å²) in [7, 11) is 0. The molecule has 1 aromatic carbocycles. The molecule has 8 nitrogen and oxygen atoms in total. The number of pyridine rings is 1. The molecule has 0 radical (unpaired) electrons. The molecule has 0 aliphatic carbocycles. The number of benzene rings is 1. The average molecular weight is 549 g/mol. The fraction of sp³-hybridized carbons (Fsp3) is 0.480. The molecule has 4 aliphatic heterocycles. The Morgan fingerprint density at radius 2 is 1.74 bits per heavy atom. The van der Waals surface area contributed by atoms with E-state index in [1.54, 1.807) is 6.07 Å². The van der Waals surface area contributed by atoms with E-state index in [2.05, 4.69) is 34.4 Å². The molecule has 0 N–H and O–H groups in total. The number of rotatable bonds is 4. The molecule has 3 fully saturated rings. The van der Waals surface area contributed by atoms with Crippen molar-refractivity contribution in [1.29, 1.82) is 0 Å². The lowest BCUT2D eigenvalue weighted by molar-refractivity contribution is -0.161. The highest BCUT2D eigenvalue weighted by Crippen LogP contribution is 2.44. The van der Waals surface area contributed by atoms with Crippen molar-refractivity contribution in [2.45, 2.75) is 25.3 Å². The summed E-state index contributed by atoms with van der Waals surface area (Å²) >= 11 is 6.35. The lowest BCUT2D eigenvalue weighted by Gasteiger charge is -2.60. The fourth-order valence-corrected chi connectivity index (χ4v) is 6.41. The molecule has 0 bridgehead atoms. The molecule has 0 unspecified atom stereocenters. The first-order valence-electron chi connectivity index (χ1n) is 12.5. The number of nitrogens with zero attached hydrogens (tertiary/aromatic N) is 8. The third-order valence-electron chi connectivity index (χ3n) is 7.99. The van der Waals surface area contributed by atoms with E-state index in [0.717, 1.165) is 55.0 Å². The largest absolute Gasteiger partial charge is 0.401 e. The molecule has 13 heteroatoms. The van der Waals surface area contributed by atoms with Crippen molar-refractivity contribution in [2.24, 2.45) is 5.41 Å². The van der Waals surface area contributed by atoms with E-state index >= 15 is 0 Å². The monoisotopic (exact) mass is 548 g/mol. The van der Waals surface area contributed by atoms with Crippen molar-refractivity contribution in [3.63, 3.8) is 0 Å². The van der Waals surface area contributed by atoms with Gasteiger partial charge >= 0.3 is 6.18 Å². The van der Waals surface area contributed by atoms with E-state index in [-0.39, 0.29) is 17.3 Å². The zero-order valence-electron chi connectivity index (χ0n) is 20.4. The first kappa shape index (κ1) is 24.1. The summed E-state index contributed by atoms with van der Waals surface area (Å²) in [5.74, 6) is 1.97. The molecular weight excluding hydrogens is 524 g/mol. The third-order valence-corrected chi connectivity index (χ3v) is 8.23. The summed E-state index contributed by atoms with van der Waals surface area (Å²) in [5, 5.41) is 9.68. The minimum Gasteiger partial charge on any atom is -0.355 e. The maximum atomic E-state index is 13.2. The van der Waals surface area contributed by atoms with Crippen molar-refractivity contribution in [2.75, 3.05) is 55.6 Å². The van der Waals surface area contributed by atoms with Crippen LogP contribution in [-0.4, -0.2) is 87.6 Å². The maximum Gasteiger partial charge on any atom is 0.401 e. The zero-order valence-corrected chi connectivity index (χ0v) is 21.1. The van der Waals surface area contributed by atoms with Gasteiger partial charge in [-0.1, -0.05) is 11.6 Å². The van der Waals surface area contributed by atoms with Gasteiger partial charge in [0.2, 0.25) is 5.95 Å². The Morgan fingerprint density at radius 3 is 2.45 bits per heavy atom. The minimum atomic E-state index is -4.19. The second-order valence-corrected chi connectivity index (χ2v) is 11.4. The first-order valence-corrected chi connectivity index (χ1v) is 12.9. The average Bonchev–Trinajstić information content (AvgIpc) is 3.10. The van der Waals surface area contributed by atoms with Gasteiger partial charge in [-0.15, -0.1) is 10.2 Å². The lowest BCUT2D eigenvalue weighted by Crippen LogP contribution is -2.73. The summed E-state index contributed by atoms with van der Waals surface area (Å²) in [6.45, 7) is 4.26. The van der Waals surface area contributed by atoms with Crippen LogP contribution in [0.25, 0.3) is 5.69 Å². The van der Waals surface area contributed by atoms with Gasteiger partial charge in [0.25, 0.3) is 0 Å². The van der Waals surface area contributed by atoms with E-state index in [4.69, 9.17) is 11.6 Å². The summed E-state index contributed by atoms with van der Waals surface area (Å²) in [6, 6.07) is 8.87. The fourth-order valence-electron chi connectivity index (χ4n) is 6.22. The second-order valence-electron chi connectivity index (χ2n) is 10.9. The molecule has 1 spiro atoms. The Kier molecular flexibility index (Phi) is 5.41. The van der Waals surface area contributed by atoms with E-state index in [1.807, 2.05) is 18.2 Å². The molecule has 200 valence electrons. The lowest BCUT2D eigenvalue weighted by atomic mass is 9.73. The number of halogens is 5. The molecule has 4 aliphatic rings. The van der Waals surface area contributed by atoms with Crippen LogP contribution in [-0.2, 0) is 13.1 Å². The quantitative estimate of drug-likeness (QED) is 0.464. The molecule has 6 heterocycles. The van der Waals surface area contributed by atoms with E-state index in [1.165, 1.54) is 17.2 Å². The number of hydrogen-bond donors (Lipinski definition) is 0. The maximum absolute atomic E-state index is 13.2. The smallest absolute Gasteiger partial charge is 0.355 e. The number of likely N-dealkylation sites (tertiary alicyclic amines) is 1. The van der Waals surface area contributed by atoms with Gasteiger partial charge < -0.3 is 9.80 Å². The van der Waals surface area contributed by atoms with Crippen LogP contribution in [0.15, 0.2) is 36.5 Å². The highest BCUT2D eigenvalue weighted by Gasteiger charge is 2.53. The molecule has 38 heavy (non-hydrogen) atoms. The van der Waals surface area contributed by atoms with Crippen molar-refractivity contribution in [1.82, 2.24) is 29.5 Å².